The highest BCUT2D eigenvalue weighted by atomic mass is 16.5. The van der Waals surface area contributed by atoms with Crippen LogP contribution < -0.4 is 10.6 Å². The predicted octanol–water partition coefficient (Wildman–Crippen LogP) is 1.15. The van der Waals surface area contributed by atoms with E-state index in [2.05, 4.69) is 10.2 Å². The molecule has 1 aliphatic rings. The predicted molar refractivity (Wildman–Crippen MR) is 74.4 cm³/mol. The molecule has 2 N–H and O–H groups in total. The van der Waals surface area contributed by atoms with Crippen molar-refractivity contribution in [1.82, 2.24) is 10.2 Å². The van der Waals surface area contributed by atoms with Crippen molar-refractivity contribution >= 4 is 6.01 Å². The zero-order valence-electron chi connectivity index (χ0n) is 11.2. The maximum Gasteiger partial charge on any atom is 0.318 e. The van der Waals surface area contributed by atoms with Gasteiger partial charge in [0.05, 0.1) is 19.3 Å². The number of nitrogens with two attached hydrogens (primary N) is 1. The lowest BCUT2D eigenvalue weighted by Crippen LogP contribution is -2.36. The summed E-state index contributed by atoms with van der Waals surface area (Å²) in [5, 5.41) is 8.14. The van der Waals surface area contributed by atoms with E-state index in [1.807, 2.05) is 35.2 Å². The molecule has 6 heteroatoms. The Balaban J connectivity index is 1.66. The van der Waals surface area contributed by atoms with Crippen molar-refractivity contribution in [3.8, 4) is 0 Å². The molecular formula is C14H18N4O2. The second-order valence-electron chi connectivity index (χ2n) is 4.82. The summed E-state index contributed by atoms with van der Waals surface area (Å²) < 4.78 is 11.0. The smallest absolute Gasteiger partial charge is 0.318 e. The normalized spacial score (nSPS) is 17.1. The van der Waals surface area contributed by atoms with Gasteiger partial charge in [-0.15, -0.1) is 5.10 Å². The van der Waals surface area contributed by atoms with Crippen LogP contribution in [-0.4, -0.2) is 36.5 Å². The highest BCUT2D eigenvalue weighted by Gasteiger charge is 2.20. The largest absolute Gasteiger partial charge is 0.406 e. The molecule has 6 nitrogen and oxygen atoms in total. The van der Waals surface area contributed by atoms with Crippen LogP contribution in [0.5, 0.6) is 0 Å². The van der Waals surface area contributed by atoms with E-state index in [0.717, 1.165) is 18.7 Å². The number of anilines is 1. The Labute approximate surface area is 117 Å². The van der Waals surface area contributed by atoms with E-state index >= 15 is 0 Å². The molecule has 1 fully saturated rings. The highest BCUT2D eigenvalue weighted by Crippen LogP contribution is 2.19. The van der Waals surface area contributed by atoms with Gasteiger partial charge in [-0.3, -0.25) is 0 Å². The lowest BCUT2D eigenvalue weighted by atomic mass is 10.1. The van der Waals surface area contributed by atoms with Gasteiger partial charge in [-0.1, -0.05) is 35.4 Å². The summed E-state index contributed by atoms with van der Waals surface area (Å²) in [4.78, 5) is 2.02. The van der Waals surface area contributed by atoms with Gasteiger partial charge in [0.1, 0.15) is 0 Å². The summed E-state index contributed by atoms with van der Waals surface area (Å²) in [6.07, 6.45) is 0.686. The third-order valence-corrected chi connectivity index (χ3v) is 3.33. The minimum atomic E-state index is -0.278. The van der Waals surface area contributed by atoms with E-state index in [0.29, 0.717) is 31.5 Å². The summed E-state index contributed by atoms with van der Waals surface area (Å²) in [6, 6.07) is 10.3. The first kappa shape index (κ1) is 13.1. The highest BCUT2D eigenvalue weighted by molar-refractivity contribution is 5.25. The zero-order valence-corrected chi connectivity index (χ0v) is 11.2. The number of morpholine rings is 1. The van der Waals surface area contributed by atoms with Crippen LogP contribution in [0.1, 0.15) is 17.5 Å². The number of hydrogen-bond donors (Lipinski definition) is 1. The standard InChI is InChI=1S/C14H18N4O2/c15-12(10-11-4-2-1-3-5-11)13-16-17-14(20-13)18-6-8-19-9-7-18/h1-5,12H,6-10,15H2. The van der Waals surface area contributed by atoms with Gasteiger partial charge in [0.15, 0.2) is 0 Å². The number of aromatic nitrogens is 2. The van der Waals surface area contributed by atoms with Crippen molar-refractivity contribution in [1.29, 1.82) is 0 Å². The number of hydrogen-bond acceptors (Lipinski definition) is 6. The lowest BCUT2D eigenvalue weighted by Gasteiger charge is -2.24. The summed E-state index contributed by atoms with van der Waals surface area (Å²) in [6.45, 7) is 2.92. The van der Waals surface area contributed by atoms with Crippen LogP contribution in [0.25, 0.3) is 0 Å². The first-order valence-corrected chi connectivity index (χ1v) is 6.78. The molecule has 1 unspecified atom stereocenters. The van der Waals surface area contributed by atoms with Gasteiger partial charge >= 0.3 is 6.01 Å². The molecule has 0 bridgehead atoms. The topological polar surface area (TPSA) is 77.4 Å². The molecule has 106 valence electrons. The Kier molecular flexibility index (Phi) is 3.94. The van der Waals surface area contributed by atoms with Crippen molar-refractivity contribution in [2.75, 3.05) is 31.2 Å². The molecule has 1 atom stereocenters. The van der Waals surface area contributed by atoms with Gasteiger partial charge < -0.3 is 19.8 Å². The molecule has 0 saturated carbocycles. The monoisotopic (exact) mass is 274 g/mol. The molecule has 1 aliphatic heterocycles. The van der Waals surface area contributed by atoms with Crippen molar-refractivity contribution in [3.63, 3.8) is 0 Å². The van der Waals surface area contributed by atoms with Crippen LogP contribution >= 0.6 is 0 Å². The first-order valence-electron chi connectivity index (χ1n) is 6.78. The molecule has 0 amide bonds. The molecule has 1 aromatic heterocycles. The number of benzene rings is 1. The Morgan fingerprint density at radius 3 is 2.65 bits per heavy atom. The van der Waals surface area contributed by atoms with Crippen LogP contribution in [-0.2, 0) is 11.2 Å². The second-order valence-corrected chi connectivity index (χ2v) is 4.82. The fourth-order valence-electron chi connectivity index (χ4n) is 2.21. The van der Waals surface area contributed by atoms with Gasteiger partial charge in [0, 0.05) is 13.1 Å². The van der Waals surface area contributed by atoms with E-state index in [1.54, 1.807) is 0 Å². The van der Waals surface area contributed by atoms with Crippen molar-refractivity contribution in [2.45, 2.75) is 12.5 Å². The van der Waals surface area contributed by atoms with E-state index in [-0.39, 0.29) is 6.04 Å². The summed E-state index contributed by atoms with van der Waals surface area (Å²) in [5.74, 6) is 0.482. The minimum Gasteiger partial charge on any atom is -0.406 e. The Morgan fingerprint density at radius 1 is 1.15 bits per heavy atom. The van der Waals surface area contributed by atoms with E-state index in [1.165, 1.54) is 0 Å². The van der Waals surface area contributed by atoms with Crippen molar-refractivity contribution in [2.24, 2.45) is 5.73 Å². The molecule has 0 spiro atoms. The molecule has 3 rings (SSSR count). The molecular weight excluding hydrogens is 256 g/mol. The third kappa shape index (κ3) is 2.97. The zero-order chi connectivity index (χ0) is 13.8. The van der Waals surface area contributed by atoms with E-state index in [4.69, 9.17) is 14.9 Å². The van der Waals surface area contributed by atoms with Gasteiger partial charge in [0.2, 0.25) is 5.89 Å². The average molecular weight is 274 g/mol. The van der Waals surface area contributed by atoms with E-state index < -0.39 is 0 Å². The van der Waals surface area contributed by atoms with Gasteiger partial charge in [0.25, 0.3) is 0 Å². The quantitative estimate of drug-likeness (QED) is 0.901. The number of rotatable bonds is 4. The molecule has 1 saturated heterocycles. The number of ether oxygens (including phenoxy) is 1. The van der Waals surface area contributed by atoms with Crippen LogP contribution in [0, 0.1) is 0 Å². The summed E-state index contributed by atoms with van der Waals surface area (Å²) >= 11 is 0. The van der Waals surface area contributed by atoms with Gasteiger partial charge in [-0.05, 0) is 12.0 Å². The lowest BCUT2D eigenvalue weighted by molar-refractivity contribution is 0.120. The maximum atomic E-state index is 6.13. The van der Waals surface area contributed by atoms with Gasteiger partial charge in [-0.2, -0.15) is 0 Å². The number of nitrogens with zero attached hydrogens (tertiary/aromatic N) is 3. The Bertz CT molecular complexity index is 537. The van der Waals surface area contributed by atoms with Crippen LogP contribution in [0.2, 0.25) is 0 Å². The SMILES string of the molecule is NC(Cc1ccccc1)c1nnc(N2CCOCC2)o1. The molecule has 0 radical (unpaired) electrons. The third-order valence-electron chi connectivity index (χ3n) is 3.33. The minimum absolute atomic E-state index is 0.278. The average Bonchev–Trinajstić information content (AvgIpc) is 2.99. The first-order chi connectivity index (χ1) is 9.83. The molecule has 2 heterocycles. The Morgan fingerprint density at radius 2 is 1.90 bits per heavy atom. The summed E-state index contributed by atoms with van der Waals surface area (Å²) in [7, 11) is 0. The van der Waals surface area contributed by atoms with Crippen molar-refractivity contribution in [3.05, 3.63) is 41.8 Å². The fraction of sp³-hybridized carbons (Fsp3) is 0.429. The maximum absolute atomic E-state index is 6.13. The van der Waals surface area contributed by atoms with Crippen LogP contribution in [0.4, 0.5) is 6.01 Å². The van der Waals surface area contributed by atoms with Crippen molar-refractivity contribution < 1.29 is 9.15 Å². The van der Waals surface area contributed by atoms with Gasteiger partial charge in [-0.25, -0.2) is 0 Å². The fourth-order valence-corrected chi connectivity index (χ4v) is 2.21. The van der Waals surface area contributed by atoms with E-state index in [9.17, 15) is 0 Å². The molecule has 20 heavy (non-hydrogen) atoms. The summed E-state index contributed by atoms with van der Waals surface area (Å²) in [5.41, 5.74) is 7.29. The van der Waals surface area contributed by atoms with Crippen LogP contribution in [0.3, 0.4) is 0 Å². The Hall–Kier alpha value is -1.92. The van der Waals surface area contributed by atoms with Crippen LogP contribution in [0.15, 0.2) is 34.7 Å². The molecule has 1 aromatic carbocycles. The molecule has 0 aliphatic carbocycles. The second kappa shape index (κ2) is 6.02. The molecule has 2 aromatic rings.